The van der Waals surface area contributed by atoms with Crippen molar-refractivity contribution in [1.82, 2.24) is 0 Å². The SMILES string of the molecule is O=c1c(C=Nc2ccc(Cl)c(Cl)c2)coc2ccccc12. The van der Waals surface area contributed by atoms with E-state index in [0.29, 0.717) is 32.3 Å². The van der Waals surface area contributed by atoms with Crippen molar-refractivity contribution in [3.63, 3.8) is 0 Å². The van der Waals surface area contributed by atoms with Crippen LogP contribution in [0.15, 0.2) is 62.9 Å². The Bertz CT molecular complexity index is 900. The lowest BCUT2D eigenvalue weighted by Crippen LogP contribution is -2.07. The molecule has 3 nitrogen and oxygen atoms in total. The number of nitrogens with zero attached hydrogens (tertiary/aromatic N) is 1. The first-order valence-corrected chi connectivity index (χ1v) is 6.90. The van der Waals surface area contributed by atoms with Gasteiger partial charge in [0.05, 0.1) is 26.7 Å². The maximum absolute atomic E-state index is 12.3. The largest absolute Gasteiger partial charge is 0.463 e. The molecule has 0 aliphatic rings. The van der Waals surface area contributed by atoms with E-state index in [2.05, 4.69) is 4.99 Å². The molecule has 0 fully saturated rings. The number of halogens is 2. The molecule has 0 unspecified atom stereocenters. The van der Waals surface area contributed by atoms with Crippen LogP contribution in [0.1, 0.15) is 5.56 Å². The maximum atomic E-state index is 12.3. The van der Waals surface area contributed by atoms with E-state index in [9.17, 15) is 4.79 Å². The smallest absolute Gasteiger partial charge is 0.201 e. The summed E-state index contributed by atoms with van der Waals surface area (Å²) in [6.45, 7) is 0. The number of para-hydroxylation sites is 1. The second-order valence-corrected chi connectivity index (χ2v) is 5.19. The first kappa shape index (κ1) is 13.9. The molecule has 104 valence electrons. The Hall–Kier alpha value is -2.10. The van der Waals surface area contributed by atoms with Gasteiger partial charge in [0.1, 0.15) is 11.8 Å². The molecule has 0 saturated carbocycles. The molecule has 0 saturated heterocycles. The van der Waals surface area contributed by atoms with Crippen LogP contribution in [0.3, 0.4) is 0 Å². The molecule has 0 N–H and O–H groups in total. The molecule has 5 heteroatoms. The Balaban J connectivity index is 2.01. The van der Waals surface area contributed by atoms with Gasteiger partial charge in [0.2, 0.25) is 5.43 Å². The summed E-state index contributed by atoms with van der Waals surface area (Å²) in [5.41, 5.74) is 1.41. The van der Waals surface area contributed by atoms with Crippen LogP contribution in [-0.4, -0.2) is 6.21 Å². The van der Waals surface area contributed by atoms with E-state index >= 15 is 0 Å². The van der Waals surface area contributed by atoms with E-state index in [-0.39, 0.29) is 5.43 Å². The van der Waals surface area contributed by atoms with Crippen LogP contribution in [0.4, 0.5) is 5.69 Å². The molecule has 3 aromatic rings. The van der Waals surface area contributed by atoms with Gasteiger partial charge in [-0.05, 0) is 30.3 Å². The Morgan fingerprint density at radius 1 is 1.05 bits per heavy atom. The maximum Gasteiger partial charge on any atom is 0.201 e. The van der Waals surface area contributed by atoms with Crippen LogP contribution in [0, 0.1) is 0 Å². The fourth-order valence-corrected chi connectivity index (χ4v) is 2.18. The first-order valence-electron chi connectivity index (χ1n) is 6.15. The summed E-state index contributed by atoms with van der Waals surface area (Å²) in [7, 11) is 0. The van der Waals surface area contributed by atoms with Gasteiger partial charge in [-0.15, -0.1) is 0 Å². The van der Waals surface area contributed by atoms with Gasteiger partial charge in [0, 0.05) is 6.21 Å². The highest BCUT2D eigenvalue weighted by atomic mass is 35.5. The Labute approximate surface area is 130 Å². The third-order valence-electron chi connectivity index (χ3n) is 2.96. The average molecular weight is 318 g/mol. The predicted octanol–water partition coefficient (Wildman–Crippen LogP) is 4.85. The highest BCUT2D eigenvalue weighted by molar-refractivity contribution is 6.42. The van der Waals surface area contributed by atoms with E-state index < -0.39 is 0 Å². The van der Waals surface area contributed by atoms with Crippen molar-refractivity contribution in [3.8, 4) is 0 Å². The Kier molecular flexibility index (Phi) is 3.78. The van der Waals surface area contributed by atoms with Gasteiger partial charge in [-0.25, -0.2) is 0 Å². The third kappa shape index (κ3) is 2.84. The lowest BCUT2D eigenvalue weighted by atomic mass is 10.2. The molecule has 0 radical (unpaired) electrons. The van der Waals surface area contributed by atoms with Crippen LogP contribution in [0.25, 0.3) is 11.0 Å². The van der Waals surface area contributed by atoms with Gasteiger partial charge in [-0.1, -0.05) is 35.3 Å². The zero-order valence-electron chi connectivity index (χ0n) is 10.7. The summed E-state index contributed by atoms with van der Waals surface area (Å²) in [5, 5.41) is 1.40. The summed E-state index contributed by atoms with van der Waals surface area (Å²) in [5.74, 6) is 0. The van der Waals surface area contributed by atoms with Crippen molar-refractivity contribution in [2.24, 2.45) is 4.99 Å². The van der Waals surface area contributed by atoms with Crippen molar-refractivity contribution < 1.29 is 4.42 Å². The van der Waals surface area contributed by atoms with Crippen LogP contribution in [-0.2, 0) is 0 Å². The zero-order chi connectivity index (χ0) is 14.8. The molecule has 2 aromatic carbocycles. The van der Waals surface area contributed by atoms with Gasteiger partial charge in [-0.2, -0.15) is 0 Å². The van der Waals surface area contributed by atoms with E-state index in [0.717, 1.165) is 0 Å². The minimum atomic E-state index is -0.124. The lowest BCUT2D eigenvalue weighted by Gasteiger charge is -1.99. The van der Waals surface area contributed by atoms with Gasteiger partial charge in [0.15, 0.2) is 0 Å². The van der Waals surface area contributed by atoms with Gasteiger partial charge < -0.3 is 4.42 Å². The summed E-state index contributed by atoms with van der Waals surface area (Å²) in [6.07, 6.45) is 2.85. The number of aliphatic imine (C=N–C) groups is 1. The Morgan fingerprint density at radius 2 is 1.86 bits per heavy atom. The highest BCUT2D eigenvalue weighted by Crippen LogP contribution is 2.26. The van der Waals surface area contributed by atoms with E-state index in [1.54, 1.807) is 36.4 Å². The van der Waals surface area contributed by atoms with E-state index in [4.69, 9.17) is 27.6 Å². The fraction of sp³-hybridized carbons (Fsp3) is 0. The number of fused-ring (bicyclic) bond motifs is 1. The van der Waals surface area contributed by atoms with Crippen LogP contribution in [0.5, 0.6) is 0 Å². The molecule has 1 aromatic heterocycles. The van der Waals surface area contributed by atoms with Crippen molar-refractivity contribution >= 4 is 46.1 Å². The van der Waals surface area contributed by atoms with Gasteiger partial charge in [-0.3, -0.25) is 9.79 Å². The molecule has 0 aliphatic carbocycles. The second kappa shape index (κ2) is 5.72. The molecular formula is C16H9Cl2NO2. The van der Waals surface area contributed by atoms with Gasteiger partial charge >= 0.3 is 0 Å². The second-order valence-electron chi connectivity index (χ2n) is 4.37. The van der Waals surface area contributed by atoms with Crippen molar-refractivity contribution in [1.29, 1.82) is 0 Å². The standard InChI is InChI=1S/C16H9Cl2NO2/c17-13-6-5-11(7-14(13)18)19-8-10-9-21-15-4-2-1-3-12(15)16(10)20/h1-9H. The van der Waals surface area contributed by atoms with Gasteiger partial charge in [0.25, 0.3) is 0 Å². The minimum Gasteiger partial charge on any atom is -0.463 e. The van der Waals surface area contributed by atoms with E-state index in [1.165, 1.54) is 12.5 Å². The summed E-state index contributed by atoms with van der Waals surface area (Å²) >= 11 is 11.8. The quantitative estimate of drug-likeness (QED) is 0.634. The number of benzene rings is 2. The van der Waals surface area contributed by atoms with Crippen LogP contribution >= 0.6 is 23.2 Å². The number of hydrogen-bond acceptors (Lipinski definition) is 3. The zero-order valence-corrected chi connectivity index (χ0v) is 12.2. The molecule has 0 amide bonds. The molecule has 0 aliphatic heterocycles. The lowest BCUT2D eigenvalue weighted by molar-refractivity contribution is 0.601. The monoisotopic (exact) mass is 317 g/mol. The molecule has 0 bridgehead atoms. The first-order chi connectivity index (χ1) is 10.1. The number of hydrogen-bond donors (Lipinski definition) is 0. The topological polar surface area (TPSA) is 42.6 Å². The molecule has 0 spiro atoms. The molecule has 21 heavy (non-hydrogen) atoms. The fourth-order valence-electron chi connectivity index (χ4n) is 1.89. The summed E-state index contributed by atoms with van der Waals surface area (Å²) in [6, 6.07) is 12.1. The van der Waals surface area contributed by atoms with Crippen molar-refractivity contribution in [2.45, 2.75) is 0 Å². The third-order valence-corrected chi connectivity index (χ3v) is 3.70. The highest BCUT2D eigenvalue weighted by Gasteiger charge is 2.04. The summed E-state index contributed by atoms with van der Waals surface area (Å²) in [4.78, 5) is 16.5. The normalized spacial score (nSPS) is 11.3. The average Bonchev–Trinajstić information content (AvgIpc) is 2.50. The molecule has 1 heterocycles. The molecule has 3 rings (SSSR count). The minimum absolute atomic E-state index is 0.124. The number of rotatable bonds is 2. The molecule has 0 atom stereocenters. The van der Waals surface area contributed by atoms with Crippen molar-refractivity contribution in [2.75, 3.05) is 0 Å². The van der Waals surface area contributed by atoms with Crippen LogP contribution in [0.2, 0.25) is 10.0 Å². The predicted molar refractivity (Wildman–Crippen MR) is 86.2 cm³/mol. The summed E-state index contributed by atoms with van der Waals surface area (Å²) < 4.78 is 5.42. The van der Waals surface area contributed by atoms with Crippen LogP contribution < -0.4 is 5.43 Å². The Morgan fingerprint density at radius 3 is 2.67 bits per heavy atom. The van der Waals surface area contributed by atoms with E-state index in [1.807, 2.05) is 6.07 Å². The molecular weight excluding hydrogens is 309 g/mol. The van der Waals surface area contributed by atoms with Crippen molar-refractivity contribution in [3.05, 3.63) is 74.6 Å².